The summed E-state index contributed by atoms with van der Waals surface area (Å²) in [7, 11) is 3.18. The molecule has 4 rings (SSSR count). The molecule has 0 spiro atoms. The van der Waals surface area contributed by atoms with Crippen molar-refractivity contribution in [1.82, 2.24) is 15.4 Å². The Kier molecular flexibility index (Phi) is 6.07. The van der Waals surface area contributed by atoms with Crippen LogP contribution in [0.3, 0.4) is 0 Å². The van der Waals surface area contributed by atoms with E-state index >= 15 is 0 Å². The van der Waals surface area contributed by atoms with Crippen LogP contribution in [0.2, 0.25) is 0 Å². The van der Waals surface area contributed by atoms with E-state index in [2.05, 4.69) is 15.5 Å². The third-order valence-corrected chi connectivity index (χ3v) is 5.05. The predicted octanol–water partition coefficient (Wildman–Crippen LogP) is 4.47. The maximum atomic E-state index is 13.1. The summed E-state index contributed by atoms with van der Waals surface area (Å²) in [6.45, 7) is 1.82. The number of amides is 1. The van der Waals surface area contributed by atoms with Crippen LogP contribution < -0.4 is 14.9 Å². The monoisotopic (exact) mass is 426 g/mol. The van der Waals surface area contributed by atoms with E-state index in [1.807, 2.05) is 55.5 Å². The Hall–Kier alpha value is -4.26. The van der Waals surface area contributed by atoms with Gasteiger partial charge in [-0.2, -0.15) is 5.10 Å². The van der Waals surface area contributed by atoms with Crippen LogP contribution in [0.15, 0.2) is 78.2 Å². The van der Waals surface area contributed by atoms with Gasteiger partial charge in [-0.1, -0.05) is 24.3 Å². The Morgan fingerprint density at radius 3 is 2.59 bits per heavy atom. The minimum absolute atomic E-state index is 0.333. The quantitative estimate of drug-likeness (QED) is 0.363. The van der Waals surface area contributed by atoms with Crippen LogP contribution in [0.5, 0.6) is 11.5 Å². The molecule has 0 unspecified atom stereocenters. The van der Waals surface area contributed by atoms with Crippen molar-refractivity contribution in [3.63, 3.8) is 0 Å². The molecule has 0 saturated heterocycles. The number of para-hydroxylation sites is 1. The van der Waals surface area contributed by atoms with Crippen LogP contribution in [0.25, 0.3) is 22.2 Å². The van der Waals surface area contributed by atoms with Crippen molar-refractivity contribution in [2.75, 3.05) is 14.2 Å². The first-order chi connectivity index (χ1) is 15.6. The van der Waals surface area contributed by atoms with Gasteiger partial charge in [-0.05, 0) is 37.3 Å². The van der Waals surface area contributed by atoms with E-state index in [1.54, 1.807) is 38.7 Å². The summed E-state index contributed by atoms with van der Waals surface area (Å²) in [5.41, 5.74) is 6.67. The molecule has 0 aliphatic rings. The number of nitrogens with one attached hydrogen (secondary N) is 1. The zero-order valence-electron chi connectivity index (χ0n) is 18.0. The molecule has 0 radical (unpaired) electrons. The average Bonchev–Trinajstić information content (AvgIpc) is 2.86. The lowest BCUT2D eigenvalue weighted by Crippen LogP contribution is -2.20. The number of fused-ring (bicyclic) bond motifs is 1. The summed E-state index contributed by atoms with van der Waals surface area (Å²) in [5, 5.41) is 4.98. The molecule has 0 saturated carbocycles. The number of hydrogen-bond donors (Lipinski definition) is 1. The number of nitrogens with zero attached hydrogens (tertiary/aromatic N) is 3. The summed E-state index contributed by atoms with van der Waals surface area (Å²) < 4.78 is 10.8. The number of ether oxygens (including phenoxy) is 2. The second-order valence-corrected chi connectivity index (χ2v) is 7.02. The van der Waals surface area contributed by atoms with E-state index in [-0.39, 0.29) is 5.91 Å². The minimum Gasteiger partial charge on any atom is -0.497 e. The number of benzene rings is 2. The summed E-state index contributed by atoms with van der Waals surface area (Å²) >= 11 is 0. The normalized spacial score (nSPS) is 11.3. The van der Waals surface area contributed by atoms with E-state index in [9.17, 15) is 4.79 Å². The molecular formula is C25H22N4O3. The van der Waals surface area contributed by atoms with Gasteiger partial charge in [-0.25, -0.2) is 10.4 Å². The number of methoxy groups -OCH3 is 2. The smallest absolute Gasteiger partial charge is 0.272 e. The zero-order valence-corrected chi connectivity index (χ0v) is 18.0. The van der Waals surface area contributed by atoms with Crippen LogP contribution in [0, 0.1) is 0 Å². The molecule has 2 heterocycles. The van der Waals surface area contributed by atoms with Crippen LogP contribution >= 0.6 is 0 Å². The van der Waals surface area contributed by atoms with Gasteiger partial charge in [-0.3, -0.25) is 9.78 Å². The summed E-state index contributed by atoms with van der Waals surface area (Å²) in [5.74, 6) is 0.939. The SMILES string of the molecule is COc1ccc(-c2cc(C(=O)NN=C(C)c3cccnc3)c3ccccc3n2)c(OC)c1. The first-order valence-electron chi connectivity index (χ1n) is 9.98. The molecule has 0 atom stereocenters. The Labute approximate surface area is 185 Å². The van der Waals surface area contributed by atoms with Gasteiger partial charge in [0, 0.05) is 35.0 Å². The summed E-state index contributed by atoms with van der Waals surface area (Å²) in [6, 6.07) is 18.4. The maximum Gasteiger partial charge on any atom is 0.272 e. The van der Waals surface area contributed by atoms with Gasteiger partial charge < -0.3 is 9.47 Å². The molecule has 1 N–H and O–H groups in total. The number of hydrogen-bond acceptors (Lipinski definition) is 6. The number of hydrazone groups is 1. The number of rotatable bonds is 6. The zero-order chi connectivity index (χ0) is 22.5. The Morgan fingerprint density at radius 1 is 1.00 bits per heavy atom. The van der Waals surface area contributed by atoms with E-state index in [1.165, 1.54) is 0 Å². The van der Waals surface area contributed by atoms with E-state index in [0.29, 0.717) is 34.0 Å². The fourth-order valence-electron chi connectivity index (χ4n) is 3.35. The molecule has 160 valence electrons. The summed E-state index contributed by atoms with van der Waals surface area (Å²) in [6.07, 6.45) is 3.38. The highest BCUT2D eigenvalue weighted by Gasteiger charge is 2.16. The first-order valence-corrected chi connectivity index (χ1v) is 9.98. The van der Waals surface area contributed by atoms with Gasteiger partial charge in [0.25, 0.3) is 5.91 Å². The molecule has 0 aliphatic carbocycles. The molecule has 1 amide bonds. The van der Waals surface area contributed by atoms with Crippen LogP contribution in [0.1, 0.15) is 22.8 Å². The number of carbonyl (C=O) groups excluding carboxylic acids is 1. The molecule has 2 aromatic carbocycles. The fraction of sp³-hybridized carbons (Fsp3) is 0.120. The van der Waals surface area contributed by atoms with Crippen molar-refractivity contribution in [1.29, 1.82) is 0 Å². The van der Waals surface area contributed by atoms with Gasteiger partial charge in [0.1, 0.15) is 11.5 Å². The van der Waals surface area contributed by atoms with Gasteiger partial charge >= 0.3 is 0 Å². The van der Waals surface area contributed by atoms with Gasteiger partial charge in [0.05, 0.1) is 36.7 Å². The molecular weight excluding hydrogens is 404 g/mol. The van der Waals surface area contributed by atoms with E-state index < -0.39 is 0 Å². The van der Waals surface area contributed by atoms with Crippen molar-refractivity contribution < 1.29 is 14.3 Å². The average molecular weight is 426 g/mol. The lowest BCUT2D eigenvalue weighted by molar-refractivity contribution is 0.0956. The van der Waals surface area contributed by atoms with Crippen LogP contribution in [-0.2, 0) is 0 Å². The molecule has 0 fully saturated rings. The van der Waals surface area contributed by atoms with E-state index in [4.69, 9.17) is 14.5 Å². The standard InChI is InChI=1S/C25H22N4O3/c1-16(17-7-6-12-26-15-17)28-29-25(30)21-14-23(27-22-9-5-4-8-19(21)22)20-11-10-18(31-2)13-24(20)32-3/h4-15H,1-3H3,(H,29,30). The maximum absolute atomic E-state index is 13.1. The number of carbonyl (C=O) groups is 1. The van der Waals surface area contributed by atoms with Gasteiger partial charge in [0.15, 0.2) is 0 Å². The number of pyridine rings is 2. The highest BCUT2D eigenvalue weighted by molar-refractivity contribution is 6.08. The fourth-order valence-corrected chi connectivity index (χ4v) is 3.35. The third kappa shape index (κ3) is 4.27. The molecule has 2 aromatic heterocycles. The van der Waals surface area contributed by atoms with Crippen LogP contribution in [0.4, 0.5) is 0 Å². The topological polar surface area (TPSA) is 85.7 Å². The van der Waals surface area contributed by atoms with Crippen LogP contribution in [-0.4, -0.2) is 35.8 Å². The predicted molar refractivity (Wildman–Crippen MR) is 124 cm³/mol. The van der Waals surface area contributed by atoms with Crippen molar-refractivity contribution in [3.8, 4) is 22.8 Å². The third-order valence-electron chi connectivity index (χ3n) is 5.05. The second kappa shape index (κ2) is 9.26. The molecule has 7 nitrogen and oxygen atoms in total. The molecule has 7 heteroatoms. The van der Waals surface area contributed by atoms with Gasteiger partial charge in [0.2, 0.25) is 0 Å². The van der Waals surface area contributed by atoms with Crippen molar-refractivity contribution >= 4 is 22.5 Å². The highest BCUT2D eigenvalue weighted by atomic mass is 16.5. The minimum atomic E-state index is -0.333. The van der Waals surface area contributed by atoms with E-state index in [0.717, 1.165) is 16.5 Å². The molecule has 32 heavy (non-hydrogen) atoms. The lowest BCUT2D eigenvalue weighted by Gasteiger charge is -2.13. The second-order valence-electron chi connectivity index (χ2n) is 7.02. The Bertz CT molecular complexity index is 1300. The molecule has 0 bridgehead atoms. The molecule has 4 aromatic rings. The van der Waals surface area contributed by atoms with Crippen molar-refractivity contribution in [2.24, 2.45) is 5.10 Å². The summed E-state index contributed by atoms with van der Waals surface area (Å²) in [4.78, 5) is 22.0. The first kappa shape index (κ1) is 21.0. The number of aromatic nitrogens is 2. The Morgan fingerprint density at radius 2 is 1.84 bits per heavy atom. The Balaban J connectivity index is 1.76. The largest absolute Gasteiger partial charge is 0.497 e. The van der Waals surface area contributed by atoms with Gasteiger partial charge in [-0.15, -0.1) is 0 Å². The van der Waals surface area contributed by atoms with Crippen molar-refractivity contribution in [3.05, 3.63) is 84.2 Å². The lowest BCUT2D eigenvalue weighted by atomic mass is 10.0. The van der Waals surface area contributed by atoms with Crippen molar-refractivity contribution in [2.45, 2.75) is 6.92 Å². The molecule has 0 aliphatic heterocycles. The highest BCUT2D eigenvalue weighted by Crippen LogP contribution is 2.34.